The van der Waals surface area contributed by atoms with E-state index >= 15 is 0 Å². The molecule has 0 bridgehead atoms. The van der Waals surface area contributed by atoms with Gasteiger partial charge >= 0.3 is 0 Å². The lowest BCUT2D eigenvalue weighted by atomic mass is 10.0. The van der Waals surface area contributed by atoms with Crippen LogP contribution in [0.3, 0.4) is 0 Å². The molecule has 2 heterocycles. The Morgan fingerprint density at radius 1 is 1.48 bits per heavy atom. The number of rotatable bonds is 3. The zero-order valence-corrected chi connectivity index (χ0v) is 12.7. The fraction of sp³-hybridized carbons (Fsp3) is 0.562. The van der Waals surface area contributed by atoms with Gasteiger partial charge in [-0.3, -0.25) is 4.79 Å². The van der Waals surface area contributed by atoms with E-state index in [2.05, 4.69) is 11.9 Å². The number of pyridine rings is 1. The van der Waals surface area contributed by atoms with E-state index in [4.69, 9.17) is 5.26 Å². The van der Waals surface area contributed by atoms with E-state index in [-0.39, 0.29) is 5.91 Å². The molecule has 0 radical (unpaired) electrons. The van der Waals surface area contributed by atoms with Gasteiger partial charge in [-0.05, 0) is 37.3 Å². The summed E-state index contributed by atoms with van der Waals surface area (Å²) in [5.41, 5.74) is 0.528. The summed E-state index contributed by atoms with van der Waals surface area (Å²) < 4.78 is 0. The Morgan fingerprint density at radius 2 is 2.29 bits per heavy atom. The first-order chi connectivity index (χ1) is 10.1. The topological polar surface area (TPSA) is 60.2 Å². The molecule has 0 unspecified atom stereocenters. The van der Waals surface area contributed by atoms with Crippen LogP contribution in [-0.4, -0.2) is 42.5 Å². The van der Waals surface area contributed by atoms with E-state index in [1.54, 1.807) is 12.1 Å². The zero-order chi connectivity index (χ0) is 15.2. The van der Waals surface area contributed by atoms with Gasteiger partial charge in [0.25, 0.3) is 0 Å². The number of nitriles is 1. The number of aromatic nitrogens is 1. The van der Waals surface area contributed by atoms with E-state index in [1.807, 2.05) is 22.9 Å². The number of hydrogen-bond donors (Lipinski definition) is 0. The SMILES string of the molecule is C[C@H]1CCCN(C(=O)CN(C)c2ccc(C#N)cn2)CC1. The predicted molar refractivity (Wildman–Crippen MR) is 81.8 cm³/mol. The van der Waals surface area contributed by atoms with Crippen molar-refractivity contribution >= 4 is 11.7 Å². The highest BCUT2D eigenvalue weighted by molar-refractivity contribution is 5.81. The van der Waals surface area contributed by atoms with Crippen molar-refractivity contribution < 1.29 is 4.79 Å². The highest BCUT2D eigenvalue weighted by Gasteiger charge is 2.19. The third-order valence-corrected chi connectivity index (χ3v) is 4.01. The molecule has 5 nitrogen and oxygen atoms in total. The van der Waals surface area contributed by atoms with Crippen LogP contribution in [0.15, 0.2) is 18.3 Å². The van der Waals surface area contributed by atoms with Crippen LogP contribution in [0.2, 0.25) is 0 Å². The van der Waals surface area contributed by atoms with Crippen LogP contribution < -0.4 is 4.90 Å². The third-order valence-electron chi connectivity index (χ3n) is 4.01. The van der Waals surface area contributed by atoms with Gasteiger partial charge in [0, 0.05) is 26.3 Å². The van der Waals surface area contributed by atoms with Crippen LogP contribution in [0, 0.1) is 17.2 Å². The Bertz CT molecular complexity index is 520. The lowest BCUT2D eigenvalue weighted by Gasteiger charge is -2.24. The number of likely N-dealkylation sites (N-methyl/N-ethyl adjacent to an activating group) is 1. The Labute approximate surface area is 126 Å². The van der Waals surface area contributed by atoms with Crippen LogP contribution in [0.25, 0.3) is 0 Å². The zero-order valence-electron chi connectivity index (χ0n) is 12.7. The summed E-state index contributed by atoms with van der Waals surface area (Å²) in [6.45, 7) is 4.29. The first-order valence-electron chi connectivity index (χ1n) is 7.45. The van der Waals surface area contributed by atoms with Crippen molar-refractivity contribution in [3.8, 4) is 6.07 Å². The highest BCUT2D eigenvalue weighted by atomic mass is 16.2. The fourth-order valence-corrected chi connectivity index (χ4v) is 2.57. The van der Waals surface area contributed by atoms with Gasteiger partial charge < -0.3 is 9.80 Å². The molecule has 1 atom stereocenters. The van der Waals surface area contributed by atoms with E-state index in [0.717, 1.165) is 25.9 Å². The molecule has 1 aromatic rings. The monoisotopic (exact) mass is 286 g/mol. The number of hydrogen-bond acceptors (Lipinski definition) is 4. The maximum Gasteiger partial charge on any atom is 0.242 e. The van der Waals surface area contributed by atoms with Crippen molar-refractivity contribution in [3.05, 3.63) is 23.9 Å². The van der Waals surface area contributed by atoms with Crippen molar-refractivity contribution in [3.63, 3.8) is 0 Å². The summed E-state index contributed by atoms with van der Waals surface area (Å²) in [7, 11) is 1.85. The minimum absolute atomic E-state index is 0.151. The number of anilines is 1. The lowest BCUT2D eigenvalue weighted by molar-refractivity contribution is -0.129. The predicted octanol–water partition coefficient (Wildman–Crippen LogP) is 2.04. The molecule has 1 amide bonds. The minimum atomic E-state index is 0.151. The molecule has 0 spiro atoms. The van der Waals surface area contributed by atoms with Crippen LogP contribution in [0.4, 0.5) is 5.82 Å². The molecule has 1 aromatic heterocycles. The molecule has 1 aliphatic rings. The summed E-state index contributed by atoms with van der Waals surface area (Å²) in [5, 5.41) is 8.77. The number of carbonyl (C=O) groups excluding carboxylic acids is 1. The second kappa shape index (κ2) is 7.07. The molecular weight excluding hydrogens is 264 g/mol. The van der Waals surface area contributed by atoms with Gasteiger partial charge in [-0.1, -0.05) is 6.92 Å². The molecule has 1 fully saturated rings. The summed E-state index contributed by atoms with van der Waals surface area (Å²) >= 11 is 0. The maximum absolute atomic E-state index is 12.4. The van der Waals surface area contributed by atoms with Gasteiger partial charge in [0.05, 0.1) is 12.1 Å². The number of nitrogens with zero attached hydrogens (tertiary/aromatic N) is 4. The van der Waals surface area contributed by atoms with E-state index < -0.39 is 0 Å². The molecule has 21 heavy (non-hydrogen) atoms. The quantitative estimate of drug-likeness (QED) is 0.853. The van der Waals surface area contributed by atoms with Crippen molar-refractivity contribution in [1.82, 2.24) is 9.88 Å². The Morgan fingerprint density at radius 3 is 2.95 bits per heavy atom. The first-order valence-corrected chi connectivity index (χ1v) is 7.45. The standard InChI is InChI=1S/C16H22N4O/c1-13-4-3-8-20(9-7-13)16(21)12-19(2)15-6-5-14(10-17)11-18-15/h5-6,11,13H,3-4,7-9,12H2,1-2H3/t13-/m0/s1. The largest absolute Gasteiger partial charge is 0.350 e. The molecule has 0 aliphatic carbocycles. The molecule has 0 aromatic carbocycles. The van der Waals surface area contributed by atoms with E-state index in [9.17, 15) is 4.79 Å². The first kappa shape index (κ1) is 15.3. The molecular formula is C16H22N4O. The van der Waals surface area contributed by atoms with Crippen LogP contribution in [0.1, 0.15) is 31.7 Å². The normalized spacial score (nSPS) is 18.7. The molecule has 2 rings (SSSR count). The van der Waals surface area contributed by atoms with Gasteiger partial charge in [-0.2, -0.15) is 5.26 Å². The minimum Gasteiger partial charge on any atom is -0.350 e. The average Bonchev–Trinajstić information content (AvgIpc) is 2.72. The smallest absolute Gasteiger partial charge is 0.242 e. The Kier molecular flexibility index (Phi) is 5.15. The number of amides is 1. The van der Waals surface area contributed by atoms with Gasteiger partial charge in [0.2, 0.25) is 5.91 Å². The van der Waals surface area contributed by atoms with E-state index in [0.29, 0.717) is 23.8 Å². The van der Waals surface area contributed by atoms with Gasteiger partial charge in [-0.15, -0.1) is 0 Å². The molecule has 1 saturated heterocycles. The molecule has 1 aliphatic heterocycles. The van der Waals surface area contributed by atoms with E-state index in [1.165, 1.54) is 12.6 Å². The van der Waals surface area contributed by atoms with Crippen molar-refractivity contribution in [2.75, 3.05) is 31.6 Å². The second-order valence-corrected chi connectivity index (χ2v) is 5.79. The van der Waals surface area contributed by atoms with Crippen molar-refractivity contribution in [2.24, 2.45) is 5.92 Å². The van der Waals surface area contributed by atoms with Crippen LogP contribution in [0.5, 0.6) is 0 Å². The average molecular weight is 286 g/mol. The Hall–Kier alpha value is -2.09. The molecule has 0 saturated carbocycles. The summed E-state index contributed by atoms with van der Waals surface area (Å²) in [4.78, 5) is 20.4. The summed E-state index contributed by atoms with van der Waals surface area (Å²) in [6, 6.07) is 5.53. The second-order valence-electron chi connectivity index (χ2n) is 5.79. The molecule has 0 N–H and O–H groups in total. The molecule has 112 valence electrons. The lowest BCUT2D eigenvalue weighted by Crippen LogP contribution is -2.39. The van der Waals surface area contributed by atoms with Crippen molar-refractivity contribution in [2.45, 2.75) is 26.2 Å². The van der Waals surface area contributed by atoms with Gasteiger partial charge in [0.15, 0.2) is 0 Å². The summed E-state index contributed by atoms with van der Waals surface area (Å²) in [6.07, 6.45) is 4.91. The third kappa shape index (κ3) is 4.19. The summed E-state index contributed by atoms with van der Waals surface area (Å²) in [5.74, 6) is 1.57. The number of likely N-dealkylation sites (tertiary alicyclic amines) is 1. The van der Waals surface area contributed by atoms with Gasteiger partial charge in [-0.25, -0.2) is 4.98 Å². The maximum atomic E-state index is 12.4. The van der Waals surface area contributed by atoms with Crippen molar-refractivity contribution in [1.29, 1.82) is 5.26 Å². The highest BCUT2D eigenvalue weighted by Crippen LogP contribution is 2.17. The van der Waals surface area contributed by atoms with Crippen LogP contribution in [-0.2, 0) is 4.79 Å². The fourth-order valence-electron chi connectivity index (χ4n) is 2.57. The molecule has 5 heteroatoms. The van der Waals surface area contributed by atoms with Crippen LogP contribution >= 0.6 is 0 Å². The Balaban J connectivity index is 1.93. The number of carbonyl (C=O) groups is 1. The van der Waals surface area contributed by atoms with Gasteiger partial charge in [0.1, 0.15) is 11.9 Å².